The Kier molecular flexibility index (Phi) is 6.18. The number of aliphatic hydroxyl groups is 3. The zero-order valence-electron chi connectivity index (χ0n) is 9.98. The zero-order chi connectivity index (χ0) is 13.4. The summed E-state index contributed by atoms with van der Waals surface area (Å²) in [7, 11) is 0. The summed E-state index contributed by atoms with van der Waals surface area (Å²) >= 11 is 0. The summed E-state index contributed by atoms with van der Waals surface area (Å²) in [5.74, 6) is 0. The molecule has 0 fully saturated rings. The molecular formula is C12H17N3O3. The first kappa shape index (κ1) is 14.5. The van der Waals surface area contributed by atoms with Crippen molar-refractivity contribution in [2.24, 2.45) is 5.11 Å². The minimum Gasteiger partial charge on any atom is -0.396 e. The molecule has 0 bridgehead atoms. The molecule has 98 valence electrons. The molecule has 0 aliphatic rings. The van der Waals surface area contributed by atoms with Crippen LogP contribution in [-0.2, 0) is 6.42 Å². The summed E-state index contributed by atoms with van der Waals surface area (Å²) in [4.78, 5) is 2.54. The third kappa shape index (κ3) is 4.01. The fourth-order valence-corrected chi connectivity index (χ4v) is 1.75. The van der Waals surface area contributed by atoms with E-state index in [1.165, 1.54) is 0 Å². The van der Waals surface area contributed by atoms with Gasteiger partial charge in [-0.2, -0.15) is 0 Å². The van der Waals surface area contributed by atoms with Crippen LogP contribution in [0.25, 0.3) is 10.4 Å². The Balaban J connectivity index is 2.82. The van der Waals surface area contributed by atoms with E-state index < -0.39 is 12.2 Å². The van der Waals surface area contributed by atoms with Crippen LogP contribution in [0.2, 0.25) is 0 Å². The maximum atomic E-state index is 10.0. The van der Waals surface area contributed by atoms with Crippen molar-refractivity contribution >= 4 is 0 Å². The molecule has 0 aliphatic carbocycles. The lowest BCUT2D eigenvalue weighted by Crippen LogP contribution is -2.22. The van der Waals surface area contributed by atoms with Gasteiger partial charge in [-0.1, -0.05) is 29.4 Å². The second kappa shape index (κ2) is 7.68. The lowest BCUT2D eigenvalue weighted by atomic mass is 9.96. The Bertz CT molecular complexity index is 419. The lowest BCUT2D eigenvalue weighted by molar-refractivity contribution is 0.0238. The summed E-state index contributed by atoms with van der Waals surface area (Å²) in [6.45, 7) is -0.0995. The van der Waals surface area contributed by atoms with E-state index in [2.05, 4.69) is 10.0 Å². The van der Waals surface area contributed by atoms with Crippen LogP contribution in [-0.4, -0.2) is 34.6 Å². The van der Waals surface area contributed by atoms with Gasteiger partial charge < -0.3 is 15.3 Å². The Morgan fingerprint density at radius 2 is 2.00 bits per heavy atom. The van der Waals surface area contributed by atoms with E-state index in [1.807, 2.05) is 12.1 Å². The molecule has 0 saturated heterocycles. The monoisotopic (exact) mass is 251 g/mol. The van der Waals surface area contributed by atoms with Crippen LogP contribution in [0.3, 0.4) is 0 Å². The van der Waals surface area contributed by atoms with E-state index in [-0.39, 0.29) is 13.2 Å². The maximum absolute atomic E-state index is 10.0. The first-order valence-corrected chi connectivity index (χ1v) is 5.76. The van der Waals surface area contributed by atoms with Gasteiger partial charge in [0.1, 0.15) is 6.10 Å². The molecule has 2 atom stereocenters. The second-order valence-electron chi connectivity index (χ2n) is 3.95. The molecule has 0 amide bonds. The number of hydrogen-bond donors (Lipinski definition) is 3. The van der Waals surface area contributed by atoms with Gasteiger partial charge in [0, 0.05) is 11.5 Å². The molecule has 18 heavy (non-hydrogen) atoms. The number of aliphatic hydroxyl groups excluding tert-OH is 3. The molecule has 1 aromatic rings. The highest BCUT2D eigenvalue weighted by molar-refractivity contribution is 5.30. The van der Waals surface area contributed by atoms with E-state index in [1.54, 1.807) is 12.1 Å². The minimum atomic E-state index is -1.13. The summed E-state index contributed by atoms with van der Waals surface area (Å²) in [5.41, 5.74) is 9.65. The number of nitrogens with zero attached hydrogens (tertiary/aromatic N) is 3. The quantitative estimate of drug-likeness (QED) is 0.386. The van der Waals surface area contributed by atoms with Crippen molar-refractivity contribution in [2.45, 2.75) is 25.0 Å². The third-order valence-electron chi connectivity index (χ3n) is 2.67. The average molecular weight is 251 g/mol. The summed E-state index contributed by atoms with van der Waals surface area (Å²) in [6.07, 6.45) is -1.00. The highest BCUT2D eigenvalue weighted by atomic mass is 16.3. The van der Waals surface area contributed by atoms with Crippen molar-refractivity contribution in [1.29, 1.82) is 0 Å². The van der Waals surface area contributed by atoms with Gasteiger partial charge in [0.05, 0.1) is 12.6 Å². The fraction of sp³-hybridized carbons (Fsp3) is 0.500. The van der Waals surface area contributed by atoms with Crippen molar-refractivity contribution in [2.75, 3.05) is 13.2 Å². The van der Waals surface area contributed by atoms with Crippen LogP contribution in [0.1, 0.15) is 23.7 Å². The van der Waals surface area contributed by atoms with Gasteiger partial charge in [-0.3, -0.25) is 0 Å². The molecule has 1 aromatic carbocycles. The molecule has 0 aliphatic heterocycles. The first-order valence-electron chi connectivity index (χ1n) is 5.76. The van der Waals surface area contributed by atoms with Crippen molar-refractivity contribution in [3.05, 3.63) is 45.8 Å². The summed E-state index contributed by atoms with van der Waals surface area (Å²) in [5, 5.41) is 31.7. The van der Waals surface area contributed by atoms with Crippen molar-refractivity contribution in [3.63, 3.8) is 0 Å². The molecule has 1 rings (SSSR count). The molecule has 0 spiro atoms. The zero-order valence-corrected chi connectivity index (χ0v) is 9.98. The predicted octanol–water partition coefficient (Wildman–Crippen LogP) is 1.32. The largest absolute Gasteiger partial charge is 0.396 e. The molecule has 6 nitrogen and oxygen atoms in total. The highest BCUT2D eigenvalue weighted by Crippen LogP contribution is 2.22. The Hall–Kier alpha value is -1.59. The Morgan fingerprint density at radius 1 is 1.28 bits per heavy atom. The molecule has 3 N–H and O–H groups in total. The summed E-state index contributed by atoms with van der Waals surface area (Å²) in [6, 6.07) is 7.16. The third-order valence-corrected chi connectivity index (χ3v) is 2.67. The number of rotatable bonds is 7. The van der Waals surface area contributed by atoms with Crippen LogP contribution in [0, 0.1) is 0 Å². The van der Waals surface area contributed by atoms with E-state index >= 15 is 0 Å². The highest BCUT2D eigenvalue weighted by Gasteiger charge is 2.19. The normalized spacial score (nSPS) is 13.7. The van der Waals surface area contributed by atoms with E-state index in [9.17, 15) is 10.2 Å². The van der Waals surface area contributed by atoms with Gasteiger partial charge in [0.2, 0.25) is 0 Å². The SMILES string of the molecule is [N-]=[N+]=NCC(O)C(O)c1ccccc1CCCO. The molecule has 0 saturated carbocycles. The first-order chi connectivity index (χ1) is 8.70. The second-order valence-corrected chi connectivity index (χ2v) is 3.95. The molecule has 0 aromatic heterocycles. The number of hydrogen-bond acceptors (Lipinski definition) is 4. The number of benzene rings is 1. The molecule has 0 heterocycles. The van der Waals surface area contributed by atoms with Crippen LogP contribution < -0.4 is 0 Å². The van der Waals surface area contributed by atoms with Gasteiger partial charge >= 0.3 is 0 Å². The van der Waals surface area contributed by atoms with E-state index in [0.29, 0.717) is 18.4 Å². The fourth-order valence-electron chi connectivity index (χ4n) is 1.75. The standard InChI is InChI=1S/C12H17N3O3/c13-15-14-8-11(17)12(18)10-6-2-1-4-9(10)5-3-7-16/h1-2,4,6,11-12,16-18H,3,5,7-8H2. The molecular weight excluding hydrogens is 234 g/mol. The van der Waals surface area contributed by atoms with Gasteiger partial charge in [-0.05, 0) is 29.5 Å². The van der Waals surface area contributed by atoms with Gasteiger partial charge in [0.25, 0.3) is 0 Å². The number of azide groups is 1. The van der Waals surface area contributed by atoms with E-state index in [0.717, 1.165) is 5.56 Å². The molecule has 0 radical (unpaired) electrons. The average Bonchev–Trinajstić information content (AvgIpc) is 2.42. The van der Waals surface area contributed by atoms with Crippen LogP contribution in [0.4, 0.5) is 0 Å². The number of aryl methyl sites for hydroxylation is 1. The predicted molar refractivity (Wildman–Crippen MR) is 66.8 cm³/mol. The van der Waals surface area contributed by atoms with Gasteiger partial charge in [-0.15, -0.1) is 0 Å². The lowest BCUT2D eigenvalue weighted by Gasteiger charge is -2.19. The van der Waals surface area contributed by atoms with Crippen molar-refractivity contribution < 1.29 is 15.3 Å². The van der Waals surface area contributed by atoms with E-state index in [4.69, 9.17) is 10.6 Å². The molecule has 6 heteroatoms. The topological polar surface area (TPSA) is 109 Å². The van der Waals surface area contributed by atoms with Crippen LogP contribution in [0.5, 0.6) is 0 Å². The van der Waals surface area contributed by atoms with Crippen molar-refractivity contribution in [1.82, 2.24) is 0 Å². The van der Waals surface area contributed by atoms with Gasteiger partial charge in [0.15, 0.2) is 0 Å². The minimum absolute atomic E-state index is 0.0751. The van der Waals surface area contributed by atoms with Crippen molar-refractivity contribution in [3.8, 4) is 0 Å². The maximum Gasteiger partial charge on any atom is 0.105 e. The summed E-state index contributed by atoms with van der Waals surface area (Å²) < 4.78 is 0. The smallest absolute Gasteiger partial charge is 0.105 e. The molecule has 2 unspecified atom stereocenters. The Morgan fingerprint density at radius 3 is 2.67 bits per heavy atom. The van der Waals surface area contributed by atoms with Crippen LogP contribution >= 0.6 is 0 Å². The van der Waals surface area contributed by atoms with Crippen LogP contribution in [0.15, 0.2) is 29.4 Å². The Labute approximate surface area is 105 Å². The van der Waals surface area contributed by atoms with Gasteiger partial charge in [-0.25, -0.2) is 0 Å².